The van der Waals surface area contributed by atoms with Crippen molar-refractivity contribution in [2.45, 2.75) is 98.3 Å². The Labute approximate surface area is 403 Å². The standard InChI is InChI=1S/C65H63BN2/c1-42-34-44(3)63(45(4)35-42)66(64-46(5)36-43(2)37-47(64)6)52-26-24-51(25-27-52)65(40-49-14-13-15-50(38-49)41-65)33-32-48-22-28-53(29-23-48)67-61-21-12-9-18-57(61)58-39-54(30-31-62(58)67)68-59-19-10-7-16-55(59)56-17-8-11-20-60(56)68/h7-12,16-31,34-37,39,49-50H,13-15,32-33,38,40-41H2,1-6H3. The van der Waals surface area contributed by atoms with Gasteiger partial charge in [-0.05, 0) is 151 Å². The van der Waals surface area contributed by atoms with Gasteiger partial charge >= 0.3 is 0 Å². The zero-order chi connectivity index (χ0) is 46.3. The normalized spacial score (nSPS) is 18.3. The molecular weight excluding hydrogens is 820 g/mol. The summed E-state index contributed by atoms with van der Waals surface area (Å²) in [5, 5.41) is 5.14. The number of fused-ring (bicyclic) bond motifs is 8. The highest BCUT2D eigenvalue weighted by Gasteiger charge is 2.43. The molecule has 2 aliphatic rings. The molecular formula is C65H63BN2. The summed E-state index contributed by atoms with van der Waals surface area (Å²) >= 11 is 0. The maximum Gasteiger partial charge on any atom is 0.242 e. The van der Waals surface area contributed by atoms with Crippen molar-refractivity contribution >= 4 is 66.7 Å². The lowest BCUT2D eigenvalue weighted by molar-refractivity contribution is 0.103. The van der Waals surface area contributed by atoms with E-state index in [4.69, 9.17) is 0 Å². The van der Waals surface area contributed by atoms with E-state index in [9.17, 15) is 0 Å². The van der Waals surface area contributed by atoms with E-state index >= 15 is 0 Å². The van der Waals surface area contributed by atoms with Crippen LogP contribution in [0.2, 0.25) is 0 Å². The summed E-state index contributed by atoms with van der Waals surface area (Å²) in [4.78, 5) is 0. The zero-order valence-corrected chi connectivity index (χ0v) is 40.9. The Bertz CT molecular complexity index is 3380. The van der Waals surface area contributed by atoms with Crippen molar-refractivity contribution in [3.63, 3.8) is 0 Å². The predicted octanol–water partition coefficient (Wildman–Crippen LogP) is 14.7. The van der Waals surface area contributed by atoms with Gasteiger partial charge in [-0.2, -0.15) is 0 Å². The molecule has 2 aliphatic carbocycles. The molecule has 336 valence electrons. The number of aryl methyl sites for hydroxylation is 7. The minimum atomic E-state index is 0.187. The molecule has 0 radical (unpaired) electrons. The highest BCUT2D eigenvalue weighted by Crippen LogP contribution is 2.52. The summed E-state index contributed by atoms with van der Waals surface area (Å²) in [6, 6.07) is 62.9. The first-order valence-corrected chi connectivity index (χ1v) is 25.5. The quantitative estimate of drug-likeness (QED) is 0.128. The Morgan fingerprint density at radius 1 is 0.471 bits per heavy atom. The Balaban J connectivity index is 0.878. The van der Waals surface area contributed by atoms with Crippen LogP contribution in [0.1, 0.15) is 89.5 Å². The largest absolute Gasteiger partial charge is 0.309 e. The van der Waals surface area contributed by atoms with Crippen molar-refractivity contribution in [1.82, 2.24) is 9.13 Å². The van der Waals surface area contributed by atoms with Crippen molar-refractivity contribution in [3.05, 3.63) is 208 Å². The molecule has 2 nitrogen and oxygen atoms in total. The van der Waals surface area contributed by atoms with Crippen LogP contribution in [-0.4, -0.2) is 15.8 Å². The molecule has 2 unspecified atom stereocenters. The average Bonchev–Trinajstić information content (AvgIpc) is 3.85. The summed E-state index contributed by atoms with van der Waals surface area (Å²) in [7, 11) is 0. The number of benzene rings is 8. The fraction of sp³-hybridized carbons (Fsp3) is 0.262. The van der Waals surface area contributed by atoms with Gasteiger partial charge in [-0.25, -0.2) is 0 Å². The highest BCUT2D eigenvalue weighted by atomic mass is 15.0. The summed E-state index contributed by atoms with van der Waals surface area (Å²) in [6.45, 7) is 14.0. The SMILES string of the molecule is Cc1cc(C)c(B(c2ccc(C3(CCc4ccc(-n5c6ccccc6c6cc(-n7c8ccccc8c8ccccc87)ccc65)cc4)CC4CCCC(C4)C3)cc2)c2c(C)cc(C)cc2C)c(C)c1. The van der Waals surface area contributed by atoms with E-state index in [1.165, 1.54) is 155 Å². The van der Waals surface area contributed by atoms with E-state index in [1.807, 2.05) is 0 Å². The van der Waals surface area contributed by atoms with E-state index in [-0.39, 0.29) is 12.1 Å². The molecule has 2 aromatic heterocycles. The van der Waals surface area contributed by atoms with Gasteiger partial charge in [-0.1, -0.05) is 184 Å². The molecule has 12 rings (SSSR count). The van der Waals surface area contributed by atoms with Crippen molar-refractivity contribution in [1.29, 1.82) is 0 Å². The number of hydrogen-bond acceptors (Lipinski definition) is 0. The molecule has 0 saturated heterocycles. The van der Waals surface area contributed by atoms with Crippen LogP contribution in [0.15, 0.2) is 164 Å². The molecule has 68 heavy (non-hydrogen) atoms. The maximum atomic E-state index is 2.57. The van der Waals surface area contributed by atoms with Crippen LogP contribution in [-0.2, 0) is 11.8 Å². The fourth-order valence-electron chi connectivity index (χ4n) is 14.1. The van der Waals surface area contributed by atoms with Gasteiger partial charge in [-0.15, -0.1) is 0 Å². The van der Waals surface area contributed by atoms with Crippen LogP contribution in [0.3, 0.4) is 0 Å². The first-order chi connectivity index (χ1) is 33.1. The first-order valence-electron chi connectivity index (χ1n) is 25.5. The van der Waals surface area contributed by atoms with Gasteiger partial charge in [-0.3, -0.25) is 0 Å². The van der Waals surface area contributed by atoms with E-state index in [0.717, 1.165) is 18.3 Å². The minimum absolute atomic E-state index is 0.187. The summed E-state index contributed by atoms with van der Waals surface area (Å²) in [5.41, 5.74) is 23.1. The molecule has 3 heteroatoms. The molecule has 2 saturated carbocycles. The van der Waals surface area contributed by atoms with E-state index in [1.54, 1.807) is 5.56 Å². The van der Waals surface area contributed by atoms with Gasteiger partial charge < -0.3 is 9.13 Å². The number of aromatic nitrogens is 2. The predicted molar refractivity (Wildman–Crippen MR) is 292 cm³/mol. The second-order valence-corrected chi connectivity index (χ2v) is 21.4. The van der Waals surface area contributed by atoms with Gasteiger partial charge in [0, 0.05) is 32.9 Å². The van der Waals surface area contributed by atoms with Gasteiger partial charge in [0.25, 0.3) is 0 Å². The molecule has 8 aromatic carbocycles. The topological polar surface area (TPSA) is 9.86 Å². The Morgan fingerprint density at radius 3 is 1.46 bits per heavy atom. The molecule has 2 atom stereocenters. The molecule has 10 aromatic rings. The van der Waals surface area contributed by atoms with E-state index < -0.39 is 0 Å². The molecule has 2 bridgehead atoms. The Hall–Kier alpha value is -6.58. The number of para-hydroxylation sites is 3. The smallest absolute Gasteiger partial charge is 0.242 e. The summed E-state index contributed by atoms with van der Waals surface area (Å²) in [6.07, 6.45) is 10.5. The third kappa shape index (κ3) is 7.24. The second kappa shape index (κ2) is 16.9. The summed E-state index contributed by atoms with van der Waals surface area (Å²) < 4.78 is 4.91. The Morgan fingerprint density at radius 2 is 0.926 bits per heavy atom. The third-order valence-corrected chi connectivity index (χ3v) is 16.7. The maximum absolute atomic E-state index is 2.57. The lowest BCUT2D eigenvalue weighted by Gasteiger charge is -2.48. The monoisotopic (exact) mass is 883 g/mol. The Kier molecular flexibility index (Phi) is 10.6. The van der Waals surface area contributed by atoms with Crippen molar-refractivity contribution < 1.29 is 0 Å². The third-order valence-electron chi connectivity index (χ3n) is 16.7. The van der Waals surface area contributed by atoms with E-state index in [2.05, 4.69) is 214 Å². The molecule has 2 heterocycles. The zero-order valence-electron chi connectivity index (χ0n) is 40.9. The fourth-order valence-corrected chi connectivity index (χ4v) is 14.1. The van der Waals surface area contributed by atoms with Crippen LogP contribution in [0.5, 0.6) is 0 Å². The van der Waals surface area contributed by atoms with Gasteiger partial charge in [0.2, 0.25) is 6.71 Å². The van der Waals surface area contributed by atoms with E-state index in [0.29, 0.717) is 0 Å². The van der Waals surface area contributed by atoms with Crippen molar-refractivity contribution in [3.8, 4) is 11.4 Å². The molecule has 2 fully saturated rings. The number of rotatable bonds is 9. The molecule has 0 aliphatic heterocycles. The molecule has 0 N–H and O–H groups in total. The molecule has 0 amide bonds. The number of nitrogens with zero attached hydrogens (tertiary/aromatic N) is 2. The highest BCUT2D eigenvalue weighted by molar-refractivity contribution is 6.96. The molecule has 0 spiro atoms. The lowest BCUT2D eigenvalue weighted by Crippen LogP contribution is -2.56. The second-order valence-electron chi connectivity index (χ2n) is 21.4. The van der Waals surface area contributed by atoms with Gasteiger partial charge in [0.1, 0.15) is 0 Å². The lowest BCUT2D eigenvalue weighted by atomic mass is 9.34. The number of hydrogen-bond donors (Lipinski definition) is 0. The van der Waals surface area contributed by atoms with Crippen molar-refractivity contribution in [2.75, 3.05) is 0 Å². The van der Waals surface area contributed by atoms with Gasteiger partial charge in [0.15, 0.2) is 0 Å². The van der Waals surface area contributed by atoms with Crippen LogP contribution in [0.4, 0.5) is 0 Å². The van der Waals surface area contributed by atoms with Crippen LogP contribution in [0, 0.1) is 53.4 Å². The van der Waals surface area contributed by atoms with Gasteiger partial charge in [0.05, 0.1) is 22.1 Å². The van der Waals surface area contributed by atoms with Crippen molar-refractivity contribution in [2.24, 2.45) is 11.8 Å². The van der Waals surface area contributed by atoms with Crippen LogP contribution < -0.4 is 16.4 Å². The van der Waals surface area contributed by atoms with Crippen LogP contribution >= 0.6 is 0 Å². The van der Waals surface area contributed by atoms with Crippen LogP contribution in [0.25, 0.3) is 55.0 Å². The first kappa shape index (κ1) is 42.8. The summed E-state index contributed by atoms with van der Waals surface area (Å²) in [5.74, 6) is 1.66. The average molecular weight is 883 g/mol. The minimum Gasteiger partial charge on any atom is -0.309 e.